The van der Waals surface area contributed by atoms with E-state index in [1.54, 1.807) is 23.5 Å². The van der Waals surface area contributed by atoms with Crippen molar-refractivity contribution in [1.29, 1.82) is 0 Å². The summed E-state index contributed by atoms with van der Waals surface area (Å²) < 4.78 is 13.5. The number of nitrogens with zero attached hydrogens (tertiary/aromatic N) is 2. The molecule has 0 unspecified atom stereocenters. The number of benzene rings is 1. The van der Waals surface area contributed by atoms with E-state index in [0.717, 1.165) is 23.1 Å². The smallest absolute Gasteiger partial charge is 0.191 e. The predicted octanol–water partition coefficient (Wildman–Crippen LogP) is 3.62. The average Bonchev–Trinajstić information content (AvgIpc) is 2.95. The fourth-order valence-corrected chi connectivity index (χ4v) is 2.99. The summed E-state index contributed by atoms with van der Waals surface area (Å²) in [5, 5.41) is 7.58. The molecule has 0 saturated carbocycles. The summed E-state index contributed by atoms with van der Waals surface area (Å²) in [6.45, 7) is 10.2. The SMILES string of the molecule is CCNC(=NCc1ncc(C)s1)NCC(C)(C)c1cccc(F)c1. The summed E-state index contributed by atoms with van der Waals surface area (Å²) in [6.07, 6.45) is 1.86. The van der Waals surface area contributed by atoms with Crippen molar-refractivity contribution in [2.75, 3.05) is 13.1 Å². The van der Waals surface area contributed by atoms with E-state index in [4.69, 9.17) is 0 Å². The Morgan fingerprint density at radius 1 is 1.33 bits per heavy atom. The lowest BCUT2D eigenvalue weighted by Crippen LogP contribution is -2.43. The van der Waals surface area contributed by atoms with Gasteiger partial charge in [-0.3, -0.25) is 0 Å². The van der Waals surface area contributed by atoms with Gasteiger partial charge < -0.3 is 10.6 Å². The fourth-order valence-electron chi connectivity index (χ4n) is 2.28. The number of aromatic nitrogens is 1. The molecule has 24 heavy (non-hydrogen) atoms. The second kappa shape index (κ2) is 8.24. The summed E-state index contributed by atoms with van der Waals surface area (Å²) in [5.74, 6) is 0.537. The number of aryl methyl sites for hydroxylation is 1. The molecule has 0 radical (unpaired) electrons. The van der Waals surface area contributed by atoms with Gasteiger partial charge in [-0.2, -0.15) is 0 Å². The Labute approximate surface area is 147 Å². The molecular weight excluding hydrogens is 323 g/mol. The summed E-state index contributed by atoms with van der Waals surface area (Å²) in [4.78, 5) is 10.1. The van der Waals surface area contributed by atoms with Crippen LogP contribution in [0.2, 0.25) is 0 Å². The van der Waals surface area contributed by atoms with Crippen molar-refractivity contribution in [2.45, 2.75) is 39.7 Å². The lowest BCUT2D eigenvalue weighted by molar-refractivity contribution is 0.503. The van der Waals surface area contributed by atoms with Gasteiger partial charge in [0.25, 0.3) is 0 Å². The van der Waals surface area contributed by atoms with Crippen molar-refractivity contribution in [3.05, 3.63) is 51.7 Å². The van der Waals surface area contributed by atoms with Gasteiger partial charge >= 0.3 is 0 Å². The maximum absolute atomic E-state index is 13.5. The summed E-state index contributed by atoms with van der Waals surface area (Å²) >= 11 is 1.65. The number of aliphatic imine (C=N–C) groups is 1. The van der Waals surface area contributed by atoms with Gasteiger partial charge in [-0.05, 0) is 31.5 Å². The van der Waals surface area contributed by atoms with Gasteiger partial charge in [-0.15, -0.1) is 11.3 Å². The minimum Gasteiger partial charge on any atom is -0.357 e. The molecule has 0 aliphatic rings. The summed E-state index contributed by atoms with van der Waals surface area (Å²) in [7, 11) is 0. The normalized spacial score (nSPS) is 12.3. The second-order valence-corrected chi connectivity index (χ2v) is 7.63. The lowest BCUT2D eigenvalue weighted by Gasteiger charge is -2.26. The number of hydrogen-bond donors (Lipinski definition) is 2. The number of halogens is 1. The van der Waals surface area contributed by atoms with Crippen LogP contribution in [0, 0.1) is 12.7 Å². The van der Waals surface area contributed by atoms with Crippen LogP contribution in [0.3, 0.4) is 0 Å². The Hall–Kier alpha value is -1.95. The Bertz CT molecular complexity index is 694. The lowest BCUT2D eigenvalue weighted by atomic mass is 9.84. The Balaban J connectivity index is 2.01. The van der Waals surface area contributed by atoms with E-state index in [2.05, 4.69) is 34.5 Å². The third-order valence-electron chi connectivity index (χ3n) is 3.69. The molecule has 1 aromatic carbocycles. The van der Waals surface area contributed by atoms with Crippen LogP contribution in [0.4, 0.5) is 4.39 Å². The van der Waals surface area contributed by atoms with Crippen LogP contribution in [0.1, 0.15) is 36.2 Å². The second-order valence-electron chi connectivity index (χ2n) is 6.31. The molecule has 0 aliphatic carbocycles. The van der Waals surface area contributed by atoms with Gasteiger partial charge in [-0.25, -0.2) is 14.4 Å². The standard InChI is InChI=1S/C18H25FN4S/c1-5-20-17(22-11-16-21-10-13(2)24-16)23-12-18(3,4)14-7-6-8-15(19)9-14/h6-10H,5,11-12H2,1-4H3,(H2,20,22,23). The van der Waals surface area contributed by atoms with E-state index in [1.807, 2.05) is 26.1 Å². The molecule has 130 valence electrons. The highest BCUT2D eigenvalue weighted by Crippen LogP contribution is 2.22. The van der Waals surface area contributed by atoms with Crippen LogP contribution >= 0.6 is 11.3 Å². The maximum Gasteiger partial charge on any atom is 0.191 e. The molecule has 4 nitrogen and oxygen atoms in total. The van der Waals surface area contributed by atoms with Crippen molar-refractivity contribution in [3.8, 4) is 0 Å². The Morgan fingerprint density at radius 2 is 2.12 bits per heavy atom. The first-order valence-electron chi connectivity index (χ1n) is 8.10. The first-order valence-corrected chi connectivity index (χ1v) is 8.92. The maximum atomic E-state index is 13.5. The van der Waals surface area contributed by atoms with E-state index in [1.165, 1.54) is 10.9 Å². The minimum absolute atomic E-state index is 0.208. The quantitative estimate of drug-likeness (QED) is 0.619. The highest BCUT2D eigenvalue weighted by atomic mass is 32.1. The zero-order chi connectivity index (χ0) is 17.6. The third kappa shape index (κ3) is 5.30. The van der Waals surface area contributed by atoms with E-state index in [-0.39, 0.29) is 11.2 Å². The van der Waals surface area contributed by atoms with Crippen LogP contribution in [0.25, 0.3) is 0 Å². The molecule has 1 aromatic heterocycles. The van der Waals surface area contributed by atoms with Crippen LogP contribution < -0.4 is 10.6 Å². The van der Waals surface area contributed by atoms with Gasteiger partial charge in [0.2, 0.25) is 0 Å². The molecule has 1 heterocycles. The molecule has 0 spiro atoms. The molecule has 0 fully saturated rings. The van der Waals surface area contributed by atoms with Gasteiger partial charge in [0.05, 0.1) is 6.54 Å². The van der Waals surface area contributed by atoms with Crippen molar-refractivity contribution in [1.82, 2.24) is 15.6 Å². The monoisotopic (exact) mass is 348 g/mol. The van der Waals surface area contributed by atoms with Gasteiger partial charge in [0, 0.05) is 29.6 Å². The van der Waals surface area contributed by atoms with Gasteiger partial charge in [0.1, 0.15) is 10.8 Å². The van der Waals surface area contributed by atoms with Gasteiger partial charge in [-0.1, -0.05) is 26.0 Å². The zero-order valence-corrected chi connectivity index (χ0v) is 15.5. The third-order valence-corrected chi connectivity index (χ3v) is 4.59. The highest BCUT2D eigenvalue weighted by molar-refractivity contribution is 7.11. The first kappa shape index (κ1) is 18.4. The minimum atomic E-state index is -0.212. The molecule has 0 aliphatic heterocycles. The number of nitrogens with one attached hydrogen (secondary N) is 2. The molecular formula is C18H25FN4S. The van der Waals surface area contributed by atoms with Gasteiger partial charge in [0.15, 0.2) is 5.96 Å². The number of guanidine groups is 1. The molecule has 0 atom stereocenters. The highest BCUT2D eigenvalue weighted by Gasteiger charge is 2.21. The molecule has 6 heteroatoms. The number of thiazole rings is 1. The molecule has 0 bridgehead atoms. The largest absolute Gasteiger partial charge is 0.357 e. The van der Waals surface area contributed by atoms with E-state index >= 15 is 0 Å². The van der Waals surface area contributed by atoms with Crippen molar-refractivity contribution >= 4 is 17.3 Å². The average molecular weight is 348 g/mol. The Morgan fingerprint density at radius 3 is 2.75 bits per heavy atom. The molecule has 2 aromatic rings. The summed E-state index contributed by atoms with van der Waals surface area (Å²) in [5.41, 5.74) is 0.747. The van der Waals surface area contributed by atoms with Crippen LogP contribution in [-0.2, 0) is 12.0 Å². The molecule has 2 N–H and O–H groups in total. The fraction of sp³-hybridized carbons (Fsp3) is 0.444. The van der Waals surface area contributed by atoms with Crippen LogP contribution in [0.5, 0.6) is 0 Å². The Kier molecular flexibility index (Phi) is 6.31. The molecule has 0 saturated heterocycles. The number of rotatable bonds is 6. The summed E-state index contributed by atoms with van der Waals surface area (Å²) in [6, 6.07) is 6.75. The van der Waals surface area contributed by atoms with E-state index in [0.29, 0.717) is 13.1 Å². The van der Waals surface area contributed by atoms with E-state index in [9.17, 15) is 4.39 Å². The topological polar surface area (TPSA) is 49.3 Å². The van der Waals surface area contributed by atoms with Crippen molar-refractivity contribution in [3.63, 3.8) is 0 Å². The van der Waals surface area contributed by atoms with Crippen molar-refractivity contribution < 1.29 is 4.39 Å². The molecule has 0 amide bonds. The van der Waals surface area contributed by atoms with Crippen LogP contribution in [0.15, 0.2) is 35.5 Å². The first-order chi connectivity index (χ1) is 11.4. The van der Waals surface area contributed by atoms with E-state index < -0.39 is 0 Å². The van der Waals surface area contributed by atoms with Crippen LogP contribution in [-0.4, -0.2) is 24.0 Å². The zero-order valence-electron chi connectivity index (χ0n) is 14.7. The van der Waals surface area contributed by atoms with Crippen molar-refractivity contribution in [2.24, 2.45) is 4.99 Å². The predicted molar refractivity (Wildman–Crippen MR) is 99.1 cm³/mol. The number of hydrogen-bond acceptors (Lipinski definition) is 3. The molecule has 2 rings (SSSR count).